The van der Waals surface area contributed by atoms with E-state index in [1.165, 1.54) is 18.2 Å². The van der Waals surface area contributed by atoms with E-state index < -0.39 is 10.1 Å². The second kappa shape index (κ2) is 5.63. The zero-order valence-electron chi connectivity index (χ0n) is 11.6. The fourth-order valence-electron chi connectivity index (χ4n) is 1.80. The van der Waals surface area contributed by atoms with Crippen LogP contribution in [0, 0.1) is 13.8 Å². The Bertz CT molecular complexity index is 814. The smallest absolute Gasteiger partial charge is 0.294 e. The summed E-state index contributed by atoms with van der Waals surface area (Å²) in [5.74, 6) is 0. The van der Waals surface area contributed by atoms with Gasteiger partial charge in [0.1, 0.15) is 0 Å². The number of hydrogen-bond acceptors (Lipinski definition) is 5. The molecule has 0 radical (unpaired) electrons. The molecule has 7 heteroatoms. The average Bonchev–Trinajstić information content (AvgIpc) is 2.38. The van der Waals surface area contributed by atoms with Crippen molar-refractivity contribution in [2.45, 2.75) is 18.7 Å². The fourth-order valence-corrected chi connectivity index (χ4v) is 2.36. The number of benzene rings is 2. The van der Waals surface area contributed by atoms with E-state index in [-0.39, 0.29) is 4.90 Å². The Hall–Kier alpha value is -2.25. The maximum absolute atomic E-state index is 11.0. The molecule has 0 spiro atoms. The molecule has 0 saturated carbocycles. The third-order valence-corrected chi connectivity index (χ3v) is 3.80. The van der Waals surface area contributed by atoms with Crippen LogP contribution in [0.5, 0.6) is 0 Å². The first-order valence-electron chi connectivity index (χ1n) is 6.13. The number of anilines is 1. The van der Waals surface area contributed by atoms with E-state index in [4.69, 9.17) is 10.3 Å². The quantitative estimate of drug-likeness (QED) is 0.514. The van der Waals surface area contributed by atoms with Gasteiger partial charge >= 0.3 is 0 Å². The van der Waals surface area contributed by atoms with Crippen LogP contribution < -0.4 is 5.73 Å². The van der Waals surface area contributed by atoms with Crippen molar-refractivity contribution in [3.8, 4) is 0 Å². The van der Waals surface area contributed by atoms with Crippen molar-refractivity contribution in [2.75, 3.05) is 5.73 Å². The summed E-state index contributed by atoms with van der Waals surface area (Å²) in [6.45, 7) is 3.57. The average molecular weight is 305 g/mol. The molecule has 0 aliphatic carbocycles. The van der Waals surface area contributed by atoms with Gasteiger partial charge in [-0.2, -0.15) is 18.6 Å². The van der Waals surface area contributed by atoms with Crippen LogP contribution in [0.25, 0.3) is 0 Å². The number of azo groups is 1. The van der Waals surface area contributed by atoms with E-state index in [0.717, 1.165) is 5.56 Å². The minimum Gasteiger partial charge on any atom is -0.399 e. The molecule has 0 unspecified atom stereocenters. The Kier molecular flexibility index (Phi) is 4.06. The summed E-state index contributed by atoms with van der Waals surface area (Å²) in [6.07, 6.45) is 0. The largest absolute Gasteiger partial charge is 0.399 e. The van der Waals surface area contributed by atoms with Gasteiger partial charge in [-0.1, -0.05) is 0 Å². The highest BCUT2D eigenvalue weighted by molar-refractivity contribution is 7.85. The Morgan fingerprint density at radius 2 is 1.48 bits per heavy atom. The summed E-state index contributed by atoms with van der Waals surface area (Å²) < 4.78 is 31.1. The van der Waals surface area contributed by atoms with E-state index in [9.17, 15) is 8.42 Å². The monoisotopic (exact) mass is 305 g/mol. The van der Waals surface area contributed by atoms with Crippen LogP contribution in [-0.2, 0) is 10.1 Å². The molecule has 0 atom stereocenters. The van der Waals surface area contributed by atoms with Gasteiger partial charge < -0.3 is 5.73 Å². The molecule has 21 heavy (non-hydrogen) atoms. The molecular weight excluding hydrogens is 290 g/mol. The normalized spacial score (nSPS) is 12.0. The number of nitrogen functional groups attached to an aromatic ring is 1. The predicted molar refractivity (Wildman–Crippen MR) is 80.8 cm³/mol. The van der Waals surface area contributed by atoms with Crippen molar-refractivity contribution in [3.63, 3.8) is 0 Å². The first kappa shape index (κ1) is 15.1. The third kappa shape index (κ3) is 3.65. The molecule has 2 aromatic rings. The Labute approximate surface area is 123 Å². The van der Waals surface area contributed by atoms with Crippen molar-refractivity contribution in [2.24, 2.45) is 10.2 Å². The minimum atomic E-state index is -4.21. The van der Waals surface area contributed by atoms with Crippen molar-refractivity contribution < 1.29 is 13.0 Å². The standard InChI is InChI=1S/C14H15N3O3S/c1-9-7-11(15)3-5-13(9)16-17-14-6-4-12(8-10(14)2)21(18,19)20/h3-8H,15H2,1-2H3,(H,18,19,20). The van der Waals surface area contributed by atoms with Crippen molar-refractivity contribution in [1.29, 1.82) is 0 Å². The molecular formula is C14H15N3O3S. The Morgan fingerprint density at radius 3 is 1.95 bits per heavy atom. The van der Waals surface area contributed by atoms with Crippen LogP contribution in [0.3, 0.4) is 0 Å². The summed E-state index contributed by atoms with van der Waals surface area (Å²) in [6, 6.07) is 9.41. The van der Waals surface area contributed by atoms with Crippen LogP contribution in [0.1, 0.15) is 11.1 Å². The van der Waals surface area contributed by atoms with Crippen LogP contribution >= 0.6 is 0 Å². The lowest BCUT2D eigenvalue weighted by atomic mass is 10.2. The summed E-state index contributed by atoms with van der Waals surface area (Å²) >= 11 is 0. The van der Waals surface area contributed by atoms with E-state index >= 15 is 0 Å². The number of aryl methyl sites for hydroxylation is 2. The van der Waals surface area contributed by atoms with E-state index in [1.807, 2.05) is 6.92 Å². The van der Waals surface area contributed by atoms with Gasteiger partial charge in [0.05, 0.1) is 16.3 Å². The third-order valence-electron chi connectivity index (χ3n) is 2.95. The second-order valence-corrected chi connectivity index (χ2v) is 6.09. The Balaban J connectivity index is 2.34. The maximum Gasteiger partial charge on any atom is 0.294 e. The molecule has 3 N–H and O–H groups in total. The fraction of sp³-hybridized carbons (Fsp3) is 0.143. The van der Waals surface area contributed by atoms with Crippen LogP contribution in [0.15, 0.2) is 51.5 Å². The van der Waals surface area contributed by atoms with Crippen LogP contribution in [0.2, 0.25) is 0 Å². The van der Waals surface area contributed by atoms with Gasteiger partial charge in [-0.3, -0.25) is 4.55 Å². The highest BCUT2D eigenvalue weighted by Crippen LogP contribution is 2.26. The van der Waals surface area contributed by atoms with Crippen molar-refractivity contribution in [1.82, 2.24) is 0 Å². The first-order chi connectivity index (χ1) is 9.77. The predicted octanol–water partition coefficient (Wildman–Crippen LogP) is 3.55. The molecule has 6 nitrogen and oxygen atoms in total. The number of nitrogens with two attached hydrogens (primary N) is 1. The number of rotatable bonds is 3. The van der Waals surface area contributed by atoms with Crippen molar-refractivity contribution in [3.05, 3.63) is 47.5 Å². The van der Waals surface area contributed by atoms with Gasteiger partial charge in [-0.05, 0) is 61.4 Å². The molecule has 2 rings (SSSR count). The summed E-state index contributed by atoms with van der Waals surface area (Å²) in [5.41, 5.74) is 9.02. The van der Waals surface area contributed by atoms with Crippen molar-refractivity contribution >= 4 is 27.2 Å². The molecule has 110 valence electrons. The lowest BCUT2D eigenvalue weighted by molar-refractivity contribution is 0.483. The molecule has 0 amide bonds. The minimum absolute atomic E-state index is 0.164. The van der Waals surface area contributed by atoms with Crippen LogP contribution in [0.4, 0.5) is 17.1 Å². The lowest BCUT2D eigenvalue weighted by Crippen LogP contribution is -1.97. The SMILES string of the molecule is Cc1cc(N)ccc1N=Nc1ccc(S(=O)(=O)O)cc1C. The molecule has 0 heterocycles. The molecule has 2 aromatic carbocycles. The lowest BCUT2D eigenvalue weighted by Gasteiger charge is -2.03. The number of nitrogens with zero attached hydrogens (tertiary/aromatic N) is 2. The Morgan fingerprint density at radius 1 is 0.952 bits per heavy atom. The van der Waals surface area contributed by atoms with Gasteiger partial charge in [-0.25, -0.2) is 0 Å². The van der Waals surface area contributed by atoms with Gasteiger partial charge in [0.2, 0.25) is 0 Å². The molecule has 0 fully saturated rings. The zero-order valence-corrected chi connectivity index (χ0v) is 12.4. The second-order valence-electron chi connectivity index (χ2n) is 4.67. The molecule has 0 aliphatic rings. The van der Waals surface area contributed by atoms with Gasteiger partial charge in [-0.15, -0.1) is 0 Å². The van der Waals surface area contributed by atoms with Gasteiger partial charge in [0.15, 0.2) is 0 Å². The van der Waals surface area contributed by atoms with E-state index in [1.54, 1.807) is 25.1 Å². The zero-order chi connectivity index (χ0) is 15.6. The van der Waals surface area contributed by atoms with E-state index in [2.05, 4.69) is 10.2 Å². The van der Waals surface area contributed by atoms with E-state index in [0.29, 0.717) is 22.6 Å². The highest BCUT2D eigenvalue weighted by atomic mass is 32.2. The first-order valence-corrected chi connectivity index (χ1v) is 7.57. The molecule has 0 bridgehead atoms. The van der Waals surface area contributed by atoms with Gasteiger partial charge in [0, 0.05) is 5.69 Å². The molecule has 0 aromatic heterocycles. The number of hydrogen-bond donors (Lipinski definition) is 2. The maximum atomic E-state index is 11.0. The summed E-state index contributed by atoms with van der Waals surface area (Å²) in [7, 11) is -4.21. The highest BCUT2D eigenvalue weighted by Gasteiger charge is 2.10. The van der Waals surface area contributed by atoms with Gasteiger partial charge in [0.25, 0.3) is 10.1 Å². The molecule has 0 saturated heterocycles. The summed E-state index contributed by atoms with van der Waals surface area (Å²) in [5, 5.41) is 8.22. The van der Waals surface area contributed by atoms with Crippen LogP contribution in [-0.4, -0.2) is 13.0 Å². The molecule has 0 aliphatic heterocycles. The topological polar surface area (TPSA) is 105 Å². The summed E-state index contributed by atoms with van der Waals surface area (Å²) in [4.78, 5) is -0.164.